The fourth-order valence-corrected chi connectivity index (χ4v) is 3.13. The summed E-state index contributed by atoms with van der Waals surface area (Å²) in [5.41, 5.74) is 7.55. The van der Waals surface area contributed by atoms with Gasteiger partial charge in [-0.25, -0.2) is 9.38 Å². The molecular weight excluding hydrogens is 287 g/mol. The van der Waals surface area contributed by atoms with Crippen LogP contribution in [0.5, 0.6) is 0 Å². The Hall–Kier alpha value is -1.27. The third-order valence-corrected chi connectivity index (χ3v) is 4.31. The van der Waals surface area contributed by atoms with Crippen LogP contribution in [0.2, 0.25) is 0 Å². The largest absolute Gasteiger partial charge is 0.370 e. The molecule has 1 aromatic carbocycles. The molecule has 1 fully saturated rings. The second-order valence-corrected chi connectivity index (χ2v) is 6.66. The smallest absolute Gasteiger partial charge is 0.191 e. The fraction of sp³-hybridized carbons (Fsp3) is 0.533. The van der Waals surface area contributed by atoms with Crippen LogP contribution in [-0.2, 0) is 13.1 Å². The molecule has 0 bridgehead atoms. The molecule has 0 spiro atoms. The molecule has 0 aliphatic carbocycles. The van der Waals surface area contributed by atoms with Gasteiger partial charge in [-0.2, -0.15) is 11.8 Å². The minimum Gasteiger partial charge on any atom is -0.370 e. The molecule has 4 nitrogen and oxygen atoms in total. The minimum absolute atomic E-state index is 0.177. The summed E-state index contributed by atoms with van der Waals surface area (Å²) in [6, 6.07) is 5.31. The highest BCUT2D eigenvalue weighted by Gasteiger charge is 2.12. The van der Waals surface area contributed by atoms with Crippen LogP contribution in [0.25, 0.3) is 0 Å². The van der Waals surface area contributed by atoms with E-state index in [1.807, 2.05) is 42.9 Å². The number of rotatable bonds is 4. The first-order valence-electron chi connectivity index (χ1n) is 7.11. The predicted octanol–water partition coefficient (Wildman–Crippen LogP) is 1.75. The first kappa shape index (κ1) is 16.1. The van der Waals surface area contributed by atoms with E-state index >= 15 is 0 Å². The van der Waals surface area contributed by atoms with Gasteiger partial charge in [-0.3, -0.25) is 0 Å². The molecule has 0 amide bonds. The van der Waals surface area contributed by atoms with Gasteiger partial charge in [0.25, 0.3) is 0 Å². The molecule has 1 aromatic rings. The van der Waals surface area contributed by atoms with Crippen LogP contribution in [0, 0.1) is 5.82 Å². The molecule has 1 aliphatic rings. The topological polar surface area (TPSA) is 44.9 Å². The lowest BCUT2D eigenvalue weighted by molar-refractivity contribution is 0.392. The van der Waals surface area contributed by atoms with Gasteiger partial charge in [0.15, 0.2) is 5.96 Å². The standard InChI is InChI=1S/C15H23FN4S/c1-19(2)11-13-4-3-12(9-14(13)16)10-18-15(17)20-5-7-21-8-6-20/h3-4,9H,5-8,10-11H2,1-2H3,(H2,17,18). The molecule has 0 aromatic heterocycles. The number of guanidine groups is 1. The van der Waals surface area contributed by atoms with Crippen LogP contribution in [0.3, 0.4) is 0 Å². The Balaban J connectivity index is 1.97. The van der Waals surface area contributed by atoms with Gasteiger partial charge in [-0.15, -0.1) is 0 Å². The van der Waals surface area contributed by atoms with E-state index in [4.69, 9.17) is 5.73 Å². The number of hydrogen-bond donors (Lipinski definition) is 1. The van der Waals surface area contributed by atoms with E-state index in [1.54, 1.807) is 6.07 Å². The normalized spacial score (nSPS) is 16.6. The average Bonchev–Trinajstić information content (AvgIpc) is 2.48. The third-order valence-electron chi connectivity index (χ3n) is 3.36. The van der Waals surface area contributed by atoms with E-state index in [2.05, 4.69) is 9.89 Å². The maximum Gasteiger partial charge on any atom is 0.191 e. The zero-order valence-corrected chi connectivity index (χ0v) is 13.5. The maximum atomic E-state index is 14.0. The first-order chi connectivity index (χ1) is 10.1. The van der Waals surface area contributed by atoms with Gasteiger partial charge >= 0.3 is 0 Å². The summed E-state index contributed by atoms with van der Waals surface area (Å²) < 4.78 is 14.0. The van der Waals surface area contributed by atoms with E-state index in [9.17, 15) is 4.39 Å². The quantitative estimate of drug-likeness (QED) is 0.680. The summed E-state index contributed by atoms with van der Waals surface area (Å²) in [4.78, 5) is 8.42. The third kappa shape index (κ3) is 4.89. The molecular formula is C15H23FN4S. The lowest BCUT2D eigenvalue weighted by atomic mass is 10.1. The van der Waals surface area contributed by atoms with Gasteiger partial charge in [0.1, 0.15) is 5.82 Å². The molecule has 1 heterocycles. The van der Waals surface area contributed by atoms with Gasteiger partial charge < -0.3 is 15.5 Å². The van der Waals surface area contributed by atoms with Crippen molar-refractivity contribution in [3.63, 3.8) is 0 Å². The van der Waals surface area contributed by atoms with Crippen molar-refractivity contribution in [1.29, 1.82) is 0 Å². The van der Waals surface area contributed by atoms with Crippen molar-refractivity contribution >= 4 is 17.7 Å². The summed E-state index contributed by atoms with van der Waals surface area (Å²) >= 11 is 1.93. The predicted molar refractivity (Wildman–Crippen MR) is 88.0 cm³/mol. The molecule has 0 unspecified atom stereocenters. The molecule has 1 aliphatic heterocycles. The molecule has 2 N–H and O–H groups in total. The Bertz CT molecular complexity index is 498. The average molecular weight is 310 g/mol. The number of hydrogen-bond acceptors (Lipinski definition) is 3. The van der Waals surface area contributed by atoms with Crippen LogP contribution in [0.4, 0.5) is 4.39 Å². The van der Waals surface area contributed by atoms with Crippen LogP contribution in [0.1, 0.15) is 11.1 Å². The van der Waals surface area contributed by atoms with Gasteiger partial charge in [0.05, 0.1) is 6.54 Å². The van der Waals surface area contributed by atoms with E-state index < -0.39 is 0 Å². The highest BCUT2D eigenvalue weighted by atomic mass is 32.2. The summed E-state index contributed by atoms with van der Waals surface area (Å²) in [5, 5.41) is 0. The molecule has 2 rings (SSSR count). The SMILES string of the molecule is CN(C)Cc1ccc(CN=C(N)N2CCSCC2)cc1F. The molecule has 21 heavy (non-hydrogen) atoms. The minimum atomic E-state index is -0.177. The summed E-state index contributed by atoms with van der Waals surface area (Å²) in [7, 11) is 3.85. The van der Waals surface area contributed by atoms with Crippen molar-refractivity contribution in [2.24, 2.45) is 10.7 Å². The van der Waals surface area contributed by atoms with Gasteiger partial charge in [0, 0.05) is 36.7 Å². The second kappa shape index (κ2) is 7.66. The maximum absolute atomic E-state index is 14.0. The lowest BCUT2D eigenvalue weighted by Gasteiger charge is -2.27. The Morgan fingerprint density at radius 3 is 2.71 bits per heavy atom. The van der Waals surface area contributed by atoms with E-state index in [1.165, 1.54) is 0 Å². The van der Waals surface area contributed by atoms with Crippen LogP contribution in [-0.4, -0.2) is 54.4 Å². The van der Waals surface area contributed by atoms with Crippen LogP contribution < -0.4 is 5.73 Å². The van der Waals surface area contributed by atoms with Crippen molar-refractivity contribution in [3.8, 4) is 0 Å². The van der Waals surface area contributed by atoms with Crippen molar-refractivity contribution in [3.05, 3.63) is 35.1 Å². The fourth-order valence-electron chi connectivity index (χ4n) is 2.22. The van der Waals surface area contributed by atoms with Gasteiger partial charge in [-0.1, -0.05) is 12.1 Å². The summed E-state index contributed by atoms with van der Waals surface area (Å²) in [6.07, 6.45) is 0. The van der Waals surface area contributed by atoms with Crippen molar-refractivity contribution in [2.75, 3.05) is 38.7 Å². The number of aliphatic imine (C=N–C) groups is 1. The van der Waals surface area contributed by atoms with E-state index in [0.717, 1.165) is 30.2 Å². The Kier molecular flexibility index (Phi) is 5.87. The monoisotopic (exact) mass is 310 g/mol. The first-order valence-corrected chi connectivity index (χ1v) is 8.26. The molecule has 116 valence electrons. The molecule has 0 radical (unpaired) electrons. The molecule has 6 heteroatoms. The highest BCUT2D eigenvalue weighted by molar-refractivity contribution is 7.99. The molecule has 1 saturated heterocycles. The van der Waals surface area contributed by atoms with Gasteiger partial charge in [-0.05, 0) is 25.7 Å². The number of nitrogens with zero attached hydrogens (tertiary/aromatic N) is 3. The Morgan fingerprint density at radius 2 is 2.10 bits per heavy atom. The number of thioether (sulfide) groups is 1. The second-order valence-electron chi connectivity index (χ2n) is 5.44. The molecule has 0 atom stereocenters. The van der Waals surface area contributed by atoms with Crippen molar-refractivity contribution in [2.45, 2.75) is 13.1 Å². The van der Waals surface area contributed by atoms with E-state index in [-0.39, 0.29) is 5.82 Å². The lowest BCUT2D eigenvalue weighted by Crippen LogP contribution is -2.42. The number of benzene rings is 1. The van der Waals surface area contributed by atoms with Crippen LogP contribution in [0.15, 0.2) is 23.2 Å². The Morgan fingerprint density at radius 1 is 1.38 bits per heavy atom. The van der Waals surface area contributed by atoms with Crippen LogP contribution >= 0.6 is 11.8 Å². The van der Waals surface area contributed by atoms with E-state index in [0.29, 0.717) is 24.6 Å². The van der Waals surface area contributed by atoms with Gasteiger partial charge in [0.2, 0.25) is 0 Å². The van der Waals surface area contributed by atoms with Crippen molar-refractivity contribution in [1.82, 2.24) is 9.80 Å². The summed E-state index contributed by atoms with van der Waals surface area (Å²) in [5.74, 6) is 2.56. The number of nitrogens with two attached hydrogens (primary N) is 1. The zero-order valence-electron chi connectivity index (χ0n) is 12.7. The summed E-state index contributed by atoms with van der Waals surface area (Å²) in [6.45, 7) is 2.91. The Labute approximate surface area is 130 Å². The molecule has 0 saturated carbocycles. The van der Waals surface area contributed by atoms with Crippen molar-refractivity contribution < 1.29 is 4.39 Å². The number of halogens is 1. The highest BCUT2D eigenvalue weighted by Crippen LogP contribution is 2.13. The zero-order chi connectivity index (χ0) is 15.2.